The van der Waals surface area contributed by atoms with Gasteiger partial charge in [-0.15, -0.1) is 0 Å². The summed E-state index contributed by atoms with van der Waals surface area (Å²) in [5, 5.41) is 2.37. The van der Waals surface area contributed by atoms with Crippen LogP contribution in [0, 0.1) is 0 Å². The fourth-order valence-electron chi connectivity index (χ4n) is 1.48. The number of alkyl halides is 3. The summed E-state index contributed by atoms with van der Waals surface area (Å²) in [7, 11) is 0. The van der Waals surface area contributed by atoms with E-state index in [2.05, 4.69) is 5.32 Å². The second kappa shape index (κ2) is 7.10. The summed E-state index contributed by atoms with van der Waals surface area (Å²) in [5.41, 5.74) is -0.799. The summed E-state index contributed by atoms with van der Waals surface area (Å²) in [6.45, 7) is 3.53. The molecule has 1 amide bonds. The van der Waals surface area contributed by atoms with Crippen LogP contribution in [0.4, 0.5) is 13.2 Å². The van der Waals surface area contributed by atoms with E-state index in [0.29, 0.717) is 6.42 Å². The molecule has 0 bridgehead atoms. The largest absolute Gasteiger partial charge is 0.464 e. The molecule has 0 spiro atoms. The van der Waals surface area contributed by atoms with Gasteiger partial charge in [0.2, 0.25) is 0 Å². The van der Waals surface area contributed by atoms with Crippen LogP contribution in [-0.4, -0.2) is 24.5 Å². The van der Waals surface area contributed by atoms with Gasteiger partial charge in [-0.1, -0.05) is 6.92 Å². The van der Waals surface area contributed by atoms with E-state index in [0.717, 1.165) is 24.3 Å². The van der Waals surface area contributed by atoms with Gasteiger partial charge in [-0.05, 0) is 37.6 Å². The maximum absolute atomic E-state index is 12.4. The van der Waals surface area contributed by atoms with Crippen molar-refractivity contribution in [3.05, 3.63) is 35.4 Å². The fourth-order valence-corrected chi connectivity index (χ4v) is 1.48. The lowest BCUT2D eigenvalue weighted by Gasteiger charge is -2.13. The molecule has 21 heavy (non-hydrogen) atoms. The summed E-state index contributed by atoms with van der Waals surface area (Å²) in [4.78, 5) is 23.3. The van der Waals surface area contributed by atoms with Crippen LogP contribution in [0.5, 0.6) is 0 Å². The van der Waals surface area contributed by atoms with Gasteiger partial charge in [-0.3, -0.25) is 4.79 Å². The minimum atomic E-state index is -4.45. The molecule has 4 nitrogen and oxygen atoms in total. The number of hydrogen-bond acceptors (Lipinski definition) is 3. The van der Waals surface area contributed by atoms with Gasteiger partial charge in [0.25, 0.3) is 5.91 Å². The Morgan fingerprint density at radius 1 is 1.24 bits per heavy atom. The zero-order chi connectivity index (χ0) is 16.0. The number of ether oxygens (including phenoxy) is 1. The number of carbonyl (C=O) groups is 2. The SMILES string of the molecule is CCCOC(=O)[C@H](C)NC(=O)c1ccc(C(F)(F)F)cc1. The monoisotopic (exact) mass is 303 g/mol. The Hall–Kier alpha value is -2.05. The van der Waals surface area contributed by atoms with Crippen molar-refractivity contribution >= 4 is 11.9 Å². The topological polar surface area (TPSA) is 55.4 Å². The van der Waals surface area contributed by atoms with Crippen molar-refractivity contribution < 1.29 is 27.5 Å². The third-order valence-corrected chi connectivity index (χ3v) is 2.62. The molecule has 0 fully saturated rings. The van der Waals surface area contributed by atoms with Crippen LogP contribution in [0.15, 0.2) is 24.3 Å². The maximum atomic E-state index is 12.4. The van der Waals surface area contributed by atoms with Crippen molar-refractivity contribution in [2.75, 3.05) is 6.61 Å². The van der Waals surface area contributed by atoms with Crippen LogP contribution in [0.25, 0.3) is 0 Å². The van der Waals surface area contributed by atoms with E-state index in [9.17, 15) is 22.8 Å². The van der Waals surface area contributed by atoms with Crippen LogP contribution >= 0.6 is 0 Å². The number of rotatable bonds is 5. The third kappa shape index (κ3) is 5.09. The normalized spacial score (nSPS) is 12.6. The van der Waals surface area contributed by atoms with Gasteiger partial charge in [-0.2, -0.15) is 13.2 Å². The molecule has 0 aromatic heterocycles. The summed E-state index contributed by atoms with van der Waals surface area (Å²) in [6, 6.07) is 2.88. The van der Waals surface area contributed by atoms with E-state index in [1.165, 1.54) is 6.92 Å². The second-order valence-electron chi connectivity index (χ2n) is 4.44. The zero-order valence-corrected chi connectivity index (χ0v) is 11.7. The standard InChI is InChI=1S/C14H16F3NO3/c1-3-8-21-13(20)9(2)18-12(19)10-4-6-11(7-5-10)14(15,16)17/h4-7,9H,3,8H2,1-2H3,(H,18,19)/t9-/m0/s1. The molecule has 0 aliphatic heterocycles. The Labute approximate surface area is 120 Å². The maximum Gasteiger partial charge on any atom is 0.416 e. The molecule has 7 heteroatoms. The number of carbonyl (C=O) groups excluding carboxylic acids is 2. The van der Waals surface area contributed by atoms with Gasteiger partial charge in [-0.25, -0.2) is 4.79 Å². The first kappa shape index (κ1) is 17.0. The fraction of sp³-hybridized carbons (Fsp3) is 0.429. The van der Waals surface area contributed by atoms with Crippen molar-refractivity contribution in [3.63, 3.8) is 0 Å². The first-order valence-corrected chi connectivity index (χ1v) is 6.40. The van der Waals surface area contributed by atoms with Crippen LogP contribution in [0.3, 0.4) is 0 Å². The smallest absolute Gasteiger partial charge is 0.416 e. The average molecular weight is 303 g/mol. The number of hydrogen-bond donors (Lipinski definition) is 1. The second-order valence-corrected chi connectivity index (χ2v) is 4.44. The quantitative estimate of drug-likeness (QED) is 0.851. The Morgan fingerprint density at radius 3 is 2.29 bits per heavy atom. The molecule has 116 valence electrons. The Bertz CT molecular complexity index is 497. The Kier molecular flexibility index (Phi) is 5.75. The minimum absolute atomic E-state index is 0.0399. The minimum Gasteiger partial charge on any atom is -0.464 e. The van der Waals surface area contributed by atoms with Crippen molar-refractivity contribution in [2.45, 2.75) is 32.5 Å². The molecule has 1 atom stereocenters. The molecule has 0 heterocycles. The highest BCUT2D eigenvalue weighted by Gasteiger charge is 2.30. The first-order chi connectivity index (χ1) is 9.75. The van der Waals surface area contributed by atoms with E-state index in [-0.39, 0.29) is 12.2 Å². The first-order valence-electron chi connectivity index (χ1n) is 6.40. The molecule has 0 saturated carbocycles. The molecule has 1 N–H and O–H groups in total. The predicted octanol–water partition coefficient (Wildman–Crippen LogP) is 2.78. The van der Waals surface area contributed by atoms with E-state index < -0.39 is 29.7 Å². The van der Waals surface area contributed by atoms with E-state index >= 15 is 0 Å². The molecule has 0 radical (unpaired) electrons. The van der Waals surface area contributed by atoms with Gasteiger partial charge in [0.1, 0.15) is 6.04 Å². The molecule has 0 saturated heterocycles. The lowest BCUT2D eigenvalue weighted by atomic mass is 10.1. The van der Waals surface area contributed by atoms with Crippen LogP contribution in [-0.2, 0) is 15.7 Å². The van der Waals surface area contributed by atoms with Crippen LogP contribution in [0.2, 0.25) is 0 Å². The Balaban J connectivity index is 2.65. The molecule has 0 unspecified atom stereocenters. The van der Waals surface area contributed by atoms with Gasteiger partial charge >= 0.3 is 12.1 Å². The third-order valence-electron chi connectivity index (χ3n) is 2.62. The number of amides is 1. The molecule has 1 rings (SSSR count). The van der Waals surface area contributed by atoms with E-state index in [1.54, 1.807) is 0 Å². The molecular formula is C14H16F3NO3. The molecule has 0 aliphatic carbocycles. The lowest BCUT2D eigenvalue weighted by molar-refractivity contribution is -0.145. The van der Waals surface area contributed by atoms with Gasteiger partial charge < -0.3 is 10.1 Å². The number of esters is 1. The molecule has 1 aromatic carbocycles. The number of nitrogens with one attached hydrogen (secondary N) is 1. The van der Waals surface area contributed by atoms with E-state index in [4.69, 9.17) is 4.74 Å². The van der Waals surface area contributed by atoms with E-state index in [1.807, 2.05) is 6.92 Å². The van der Waals surface area contributed by atoms with Crippen molar-refractivity contribution in [2.24, 2.45) is 0 Å². The Morgan fingerprint density at radius 2 is 1.81 bits per heavy atom. The number of benzene rings is 1. The summed E-state index contributed by atoms with van der Waals surface area (Å²) >= 11 is 0. The van der Waals surface area contributed by atoms with Crippen molar-refractivity contribution in [1.82, 2.24) is 5.32 Å². The van der Waals surface area contributed by atoms with Gasteiger partial charge in [0.05, 0.1) is 12.2 Å². The lowest BCUT2D eigenvalue weighted by Crippen LogP contribution is -2.39. The zero-order valence-electron chi connectivity index (χ0n) is 11.7. The van der Waals surface area contributed by atoms with Gasteiger partial charge in [0.15, 0.2) is 0 Å². The van der Waals surface area contributed by atoms with Crippen molar-refractivity contribution in [3.8, 4) is 0 Å². The highest BCUT2D eigenvalue weighted by atomic mass is 19.4. The average Bonchev–Trinajstić information content (AvgIpc) is 2.43. The molecule has 1 aromatic rings. The predicted molar refractivity (Wildman–Crippen MR) is 69.6 cm³/mol. The highest BCUT2D eigenvalue weighted by molar-refractivity contribution is 5.96. The summed E-state index contributed by atoms with van der Waals surface area (Å²) in [6.07, 6.45) is -3.79. The number of halogens is 3. The van der Waals surface area contributed by atoms with Crippen molar-refractivity contribution in [1.29, 1.82) is 0 Å². The highest BCUT2D eigenvalue weighted by Crippen LogP contribution is 2.29. The summed E-state index contributed by atoms with van der Waals surface area (Å²) < 4.78 is 42.0. The summed E-state index contributed by atoms with van der Waals surface area (Å²) in [5.74, 6) is -1.22. The van der Waals surface area contributed by atoms with Gasteiger partial charge in [0, 0.05) is 5.56 Å². The van der Waals surface area contributed by atoms with Crippen LogP contribution in [0.1, 0.15) is 36.2 Å². The van der Waals surface area contributed by atoms with Crippen LogP contribution < -0.4 is 5.32 Å². The molecule has 0 aliphatic rings. The molecular weight excluding hydrogens is 287 g/mol.